The summed E-state index contributed by atoms with van der Waals surface area (Å²) in [5, 5.41) is 4.51. The summed E-state index contributed by atoms with van der Waals surface area (Å²) in [5.41, 5.74) is 11.1. The number of rotatable bonds is 3. The average molecular weight is 237 g/mol. The van der Waals surface area contributed by atoms with Gasteiger partial charge in [0.05, 0.1) is 5.75 Å². The van der Waals surface area contributed by atoms with Gasteiger partial charge in [-0.25, -0.2) is 15.0 Å². The van der Waals surface area contributed by atoms with Crippen molar-refractivity contribution in [3.05, 3.63) is 18.2 Å². The van der Waals surface area contributed by atoms with E-state index in [1.54, 1.807) is 4.68 Å². The summed E-state index contributed by atoms with van der Waals surface area (Å²) in [7, 11) is 1.83. The SMILES string of the molecule is Cn1ncnc1CSc1nc(N)cc(N)n1. The van der Waals surface area contributed by atoms with Crippen LogP contribution in [0.5, 0.6) is 0 Å². The fourth-order valence-corrected chi connectivity index (χ4v) is 1.97. The number of nitrogens with zero attached hydrogens (tertiary/aromatic N) is 5. The van der Waals surface area contributed by atoms with Gasteiger partial charge in [-0.1, -0.05) is 11.8 Å². The molecule has 2 aromatic rings. The van der Waals surface area contributed by atoms with Crippen LogP contribution in [0.4, 0.5) is 11.6 Å². The zero-order valence-corrected chi connectivity index (χ0v) is 9.48. The third kappa shape index (κ3) is 2.40. The number of aromatic nitrogens is 5. The molecule has 0 aliphatic heterocycles. The Kier molecular flexibility index (Phi) is 2.91. The summed E-state index contributed by atoms with van der Waals surface area (Å²) in [4.78, 5) is 12.2. The summed E-state index contributed by atoms with van der Waals surface area (Å²) in [6, 6.07) is 1.52. The minimum Gasteiger partial charge on any atom is -0.383 e. The van der Waals surface area contributed by atoms with Gasteiger partial charge in [-0.3, -0.25) is 4.68 Å². The Morgan fingerprint density at radius 3 is 2.56 bits per heavy atom. The summed E-state index contributed by atoms with van der Waals surface area (Å²) in [5.74, 6) is 2.20. The minimum atomic E-state index is 0.368. The van der Waals surface area contributed by atoms with Crippen molar-refractivity contribution < 1.29 is 0 Å². The largest absolute Gasteiger partial charge is 0.383 e. The van der Waals surface area contributed by atoms with Crippen LogP contribution in [0, 0.1) is 0 Å². The topological polar surface area (TPSA) is 109 Å². The molecule has 84 valence electrons. The van der Waals surface area contributed by atoms with E-state index in [-0.39, 0.29) is 0 Å². The lowest BCUT2D eigenvalue weighted by Crippen LogP contribution is -2.01. The first-order valence-electron chi connectivity index (χ1n) is 4.51. The molecule has 0 fully saturated rings. The van der Waals surface area contributed by atoms with Crippen molar-refractivity contribution in [3.8, 4) is 0 Å². The predicted molar refractivity (Wildman–Crippen MR) is 61.4 cm³/mol. The van der Waals surface area contributed by atoms with Gasteiger partial charge >= 0.3 is 0 Å². The van der Waals surface area contributed by atoms with Gasteiger partial charge in [0, 0.05) is 13.1 Å². The van der Waals surface area contributed by atoms with E-state index in [1.165, 1.54) is 24.2 Å². The first-order valence-corrected chi connectivity index (χ1v) is 5.49. The molecule has 0 bridgehead atoms. The van der Waals surface area contributed by atoms with Gasteiger partial charge < -0.3 is 11.5 Å². The average Bonchev–Trinajstić information content (AvgIpc) is 2.59. The van der Waals surface area contributed by atoms with Crippen molar-refractivity contribution in [1.82, 2.24) is 24.7 Å². The summed E-state index contributed by atoms with van der Waals surface area (Å²) < 4.78 is 1.70. The Hall–Kier alpha value is -1.83. The van der Waals surface area contributed by atoms with Crippen LogP contribution in [0.1, 0.15) is 5.82 Å². The van der Waals surface area contributed by atoms with Crippen molar-refractivity contribution in [2.24, 2.45) is 7.05 Å². The van der Waals surface area contributed by atoms with Gasteiger partial charge in [-0.15, -0.1) is 0 Å². The van der Waals surface area contributed by atoms with E-state index in [4.69, 9.17) is 11.5 Å². The van der Waals surface area contributed by atoms with Gasteiger partial charge in [0.25, 0.3) is 0 Å². The Morgan fingerprint density at radius 2 is 2.00 bits per heavy atom. The van der Waals surface area contributed by atoms with Crippen LogP contribution in [0.2, 0.25) is 0 Å². The third-order valence-electron chi connectivity index (χ3n) is 1.88. The normalized spacial score (nSPS) is 10.6. The predicted octanol–water partition coefficient (Wildman–Crippen LogP) is 0.0618. The Balaban J connectivity index is 2.07. The van der Waals surface area contributed by atoms with E-state index >= 15 is 0 Å². The molecule has 0 unspecified atom stereocenters. The van der Waals surface area contributed by atoms with E-state index in [9.17, 15) is 0 Å². The number of nitrogen functional groups attached to an aromatic ring is 2. The second-order valence-electron chi connectivity index (χ2n) is 3.09. The van der Waals surface area contributed by atoms with Crippen LogP contribution in [-0.4, -0.2) is 24.7 Å². The van der Waals surface area contributed by atoms with Crippen LogP contribution in [0.25, 0.3) is 0 Å². The fraction of sp³-hybridized carbons (Fsp3) is 0.250. The highest BCUT2D eigenvalue weighted by atomic mass is 32.2. The molecule has 2 rings (SSSR count). The lowest BCUT2D eigenvalue weighted by atomic mass is 10.5. The number of hydrogen-bond acceptors (Lipinski definition) is 7. The molecular formula is C8H11N7S. The first-order chi connectivity index (χ1) is 7.65. The molecule has 4 N–H and O–H groups in total. The lowest BCUT2D eigenvalue weighted by molar-refractivity contribution is 0.729. The smallest absolute Gasteiger partial charge is 0.191 e. The number of nitrogens with two attached hydrogens (primary N) is 2. The summed E-state index contributed by atoms with van der Waals surface area (Å²) in [6.45, 7) is 0. The number of aryl methyl sites for hydroxylation is 1. The molecule has 0 aliphatic rings. The highest BCUT2D eigenvalue weighted by Crippen LogP contribution is 2.19. The Bertz CT molecular complexity index is 475. The number of thioether (sulfide) groups is 1. The molecule has 0 radical (unpaired) electrons. The standard InChI is InChI=1S/C8H11N7S/c1-15-7(11-4-12-15)3-16-8-13-5(9)2-6(10)14-8/h2,4H,3H2,1H3,(H4,9,10,13,14). The van der Waals surface area contributed by atoms with E-state index in [1.807, 2.05) is 7.05 Å². The van der Waals surface area contributed by atoms with E-state index in [2.05, 4.69) is 20.1 Å². The highest BCUT2D eigenvalue weighted by Gasteiger charge is 2.05. The molecule has 0 saturated heterocycles. The molecule has 0 aliphatic carbocycles. The van der Waals surface area contributed by atoms with Gasteiger partial charge in [-0.05, 0) is 0 Å². The van der Waals surface area contributed by atoms with Crippen LogP contribution >= 0.6 is 11.8 Å². The van der Waals surface area contributed by atoms with Crippen molar-refractivity contribution in [2.75, 3.05) is 11.5 Å². The lowest BCUT2D eigenvalue weighted by Gasteiger charge is -2.02. The molecule has 2 aromatic heterocycles. The second kappa shape index (κ2) is 4.35. The first kappa shape index (κ1) is 10.7. The van der Waals surface area contributed by atoms with Gasteiger partial charge in [0.1, 0.15) is 23.8 Å². The molecular weight excluding hydrogens is 226 g/mol. The maximum absolute atomic E-state index is 5.56. The number of hydrogen-bond donors (Lipinski definition) is 2. The monoisotopic (exact) mass is 237 g/mol. The molecule has 0 atom stereocenters. The quantitative estimate of drug-likeness (QED) is 0.574. The van der Waals surface area contributed by atoms with Crippen molar-refractivity contribution in [2.45, 2.75) is 10.9 Å². The van der Waals surface area contributed by atoms with Crippen molar-refractivity contribution in [1.29, 1.82) is 0 Å². The molecule has 2 heterocycles. The van der Waals surface area contributed by atoms with Crippen molar-refractivity contribution in [3.63, 3.8) is 0 Å². The molecule has 0 amide bonds. The molecule has 0 saturated carbocycles. The van der Waals surface area contributed by atoms with Gasteiger partial charge in [0.15, 0.2) is 5.16 Å². The Labute approximate surface area is 96.3 Å². The minimum absolute atomic E-state index is 0.368. The number of anilines is 2. The molecule has 16 heavy (non-hydrogen) atoms. The van der Waals surface area contributed by atoms with E-state index in [0.29, 0.717) is 22.5 Å². The summed E-state index contributed by atoms with van der Waals surface area (Å²) in [6.07, 6.45) is 1.50. The summed E-state index contributed by atoms with van der Waals surface area (Å²) >= 11 is 1.42. The van der Waals surface area contributed by atoms with Crippen LogP contribution < -0.4 is 11.5 Å². The van der Waals surface area contributed by atoms with E-state index < -0.39 is 0 Å². The maximum Gasteiger partial charge on any atom is 0.191 e. The van der Waals surface area contributed by atoms with Gasteiger partial charge in [-0.2, -0.15) is 5.10 Å². The van der Waals surface area contributed by atoms with Crippen LogP contribution in [0.15, 0.2) is 17.6 Å². The van der Waals surface area contributed by atoms with E-state index in [0.717, 1.165) is 5.82 Å². The third-order valence-corrected chi connectivity index (χ3v) is 2.72. The highest BCUT2D eigenvalue weighted by molar-refractivity contribution is 7.98. The molecule has 0 aromatic carbocycles. The fourth-order valence-electron chi connectivity index (χ4n) is 1.11. The van der Waals surface area contributed by atoms with Crippen LogP contribution in [0.3, 0.4) is 0 Å². The zero-order valence-electron chi connectivity index (χ0n) is 8.66. The Morgan fingerprint density at radius 1 is 1.31 bits per heavy atom. The van der Waals surface area contributed by atoms with Crippen molar-refractivity contribution >= 4 is 23.4 Å². The maximum atomic E-state index is 5.56. The van der Waals surface area contributed by atoms with Crippen LogP contribution in [-0.2, 0) is 12.8 Å². The second-order valence-corrected chi connectivity index (χ2v) is 4.03. The molecule has 0 spiro atoms. The zero-order chi connectivity index (χ0) is 11.5. The van der Waals surface area contributed by atoms with Gasteiger partial charge in [0.2, 0.25) is 0 Å². The molecule has 7 nitrogen and oxygen atoms in total. The molecule has 8 heteroatoms.